The second kappa shape index (κ2) is 11.2. The Kier molecular flexibility index (Phi) is 7.83. The van der Waals surface area contributed by atoms with Gasteiger partial charge >= 0.3 is 0 Å². The van der Waals surface area contributed by atoms with Crippen molar-refractivity contribution in [3.05, 3.63) is 71.3 Å². The van der Waals surface area contributed by atoms with Crippen LogP contribution in [0.25, 0.3) is 0 Å². The van der Waals surface area contributed by atoms with Gasteiger partial charge in [-0.1, -0.05) is 12.1 Å². The highest BCUT2D eigenvalue weighted by molar-refractivity contribution is 5.52. The van der Waals surface area contributed by atoms with Gasteiger partial charge in [0, 0.05) is 38.1 Å². The summed E-state index contributed by atoms with van der Waals surface area (Å²) in [5, 5.41) is 3.22. The molecule has 1 fully saturated rings. The lowest BCUT2D eigenvalue weighted by molar-refractivity contribution is -0.0349. The van der Waals surface area contributed by atoms with E-state index in [9.17, 15) is 0 Å². The van der Waals surface area contributed by atoms with E-state index in [1.807, 2.05) is 44.2 Å². The fourth-order valence-corrected chi connectivity index (χ4v) is 3.84. The quantitative estimate of drug-likeness (QED) is 0.494. The third-order valence-corrected chi connectivity index (χ3v) is 5.37. The number of morpholine rings is 1. The Morgan fingerprint density at radius 1 is 1.09 bits per heavy atom. The Morgan fingerprint density at radius 2 is 1.94 bits per heavy atom. The maximum Gasteiger partial charge on any atom is 0.227 e. The van der Waals surface area contributed by atoms with E-state index in [1.165, 1.54) is 5.56 Å². The zero-order chi connectivity index (χ0) is 23.0. The molecule has 3 heterocycles. The molecule has 2 aromatic heterocycles. The Balaban J connectivity index is 1.35. The molecule has 1 aliphatic heterocycles. The van der Waals surface area contributed by atoms with Crippen LogP contribution in [0.1, 0.15) is 28.7 Å². The van der Waals surface area contributed by atoms with Crippen LogP contribution in [0, 0.1) is 13.8 Å². The van der Waals surface area contributed by atoms with Gasteiger partial charge < -0.3 is 19.5 Å². The molecule has 1 N–H and O–H groups in total. The van der Waals surface area contributed by atoms with Crippen molar-refractivity contribution in [1.29, 1.82) is 0 Å². The summed E-state index contributed by atoms with van der Waals surface area (Å²) in [5.41, 5.74) is 4.84. The van der Waals surface area contributed by atoms with Crippen molar-refractivity contribution in [2.45, 2.75) is 26.5 Å². The van der Waals surface area contributed by atoms with E-state index in [0.717, 1.165) is 48.2 Å². The Hall–Kier alpha value is -3.07. The van der Waals surface area contributed by atoms with Crippen molar-refractivity contribution < 1.29 is 14.2 Å². The zero-order valence-electron chi connectivity index (χ0n) is 19.5. The van der Waals surface area contributed by atoms with Gasteiger partial charge in [0.1, 0.15) is 18.5 Å². The van der Waals surface area contributed by atoms with Gasteiger partial charge in [-0.05, 0) is 49.7 Å². The van der Waals surface area contributed by atoms with Crippen LogP contribution in [0.2, 0.25) is 0 Å². The summed E-state index contributed by atoms with van der Waals surface area (Å²) in [4.78, 5) is 15.9. The smallest absolute Gasteiger partial charge is 0.227 e. The molecule has 174 valence electrons. The first-order chi connectivity index (χ1) is 16.1. The molecule has 1 saturated heterocycles. The number of hydrogen-bond acceptors (Lipinski definition) is 8. The number of pyridine rings is 1. The lowest BCUT2D eigenvalue weighted by Gasteiger charge is -2.32. The average molecular weight is 450 g/mol. The summed E-state index contributed by atoms with van der Waals surface area (Å²) in [5.74, 6) is 1.45. The normalized spacial score (nSPS) is 16.5. The van der Waals surface area contributed by atoms with Gasteiger partial charge in [0.05, 0.1) is 30.8 Å². The highest BCUT2D eigenvalue weighted by atomic mass is 16.5. The summed E-state index contributed by atoms with van der Waals surface area (Å²) < 4.78 is 16.8. The van der Waals surface area contributed by atoms with E-state index in [-0.39, 0.29) is 6.10 Å². The van der Waals surface area contributed by atoms with Crippen molar-refractivity contribution in [1.82, 2.24) is 19.9 Å². The molecular formula is C25H31N5O3. The number of aryl methyl sites for hydroxylation is 2. The second-order valence-electron chi connectivity index (χ2n) is 8.15. The maximum atomic E-state index is 6.02. The maximum absolute atomic E-state index is 6.02. The van der Waals surface area contributed by atoms with Gasteiger partial charge in [0.15, 0.2) is 0 Å². The fourth-order valence-electron chi connectivity index (χ4n) is 3.84. The van der Waals surface area contributed by atoms with Crippen LogP contribution in [-0.2, 0) is 16.0 Å². The van der Waals surface area contributed by atoms with E-state index < -0.39 is 0 Å². The van der Waals surface area contributed by atoms with E-state index in [1.54, 1.807) is 13.3 Å². The molecule has 0 saturated carbocycles. The number of nitrogens with zero attached hydrogens (tertiary/aromatic N) is 4. The van der Waals surface area contributed by atoms with Crippen LogP contribution in [0.3, 0.4) is 0 Å². The summed E-state index contributed by atoms with van der Waals surface area (Å²) >= 11 is 0. The molecule has 8 nitrogen and oxygen atoms in total. The minimum atomic E-state index is -0.0635. The van der Waals surface area contributed by atoms with Crippen LogP contribution in [0.15, 0.2) is 48.7 Å². The van der Waals surface area contributed by atoms with Crippen molar-refractivity contribution in [2.75, 3.05) is 45.3 Å². The predicted octanol–water partition coefficient (Wildman–Crippen LogP) is 3.83. The largest absolute Gasteiger partial charge is 0.491 e. The number of hydrogen-bond donors (Lipinski definition) is 1. The minimum Gasteiger partial charge on any atom is -0.491 e. The van der Waals surface area contributed by atoms with Crippen molar-refractivity contribution in [3.63, 3.8) is 0 Å². The standard InChI is InChI=1S/C25H31N5O3/c1-18-13-19(2)28-25(27-18)29-21-7-8-23(26-15-21)24-17-30(9-10-33-24)16-20-5-4-6-22(14-20)32-12-11-31-3/h4-8,13-15,24H,9-12,16-17H2,1-3H3,(H,27,28,29)/t24-/m0/s1. The molecule has 0 spiro atoms. The Labute approximate surface area is 194 Å². The number of methoxy groups -OCH3 is 1. The number of aromatic nitrogens is 3. The molecule has 1 atom stereocenters. The molecular weight excluding hydrogens is 418 g/mol. The van der Waals surface area contributed by atoms with Crippen molar-refractivity contribution in [2.24, 2.45) is 0 Å². The molecule has 1 aliphatic rings. The van der Waals surface area contributed by atoms with E-state index in [4.69, 9.17) is 14.2 Å². The molecule has 0 radical (unpaired) electrons. The number of benzene rings is 1. The van der Waals surface area contributed by atoms with Gasteiger partial charge in [-0.15, -0.1) is 0 Å². The summed E-state index contributed by atoms with van der Waals surface area (Å²) in [7, 11) is 1.67. The van der Waals surface area contributed by atoms with Crippen LogP contribution in [-0.4, -0.2) is 59.9 Å². The molecule has 0 amide bonds. The Morgan fingerprint density at radius 3 is 2.70 bits per heavy atom. The highest BCUT2D eigenvalue weighted by Gasteiger charge is 2.23. The van der Waals surface area contributed by atoms with Gasteiger partial charge in [-0.3, -0.25) is 9.88 Å². The molecule has 0 unspecified atom stereocenters. The Bertz CT molecular complexity index is 1020. The van der Waals surface area contributed by atoms with Crippen LogP contribution in [0.4, 0.5) is 11.6 Å². The molecule has 0 aliphatic carbocycles. The van der Waals surface area contributed by atoms with Crippen molar-refractivity contribution in [3.8, 4) is 5.75 Å². The first-order valence-corrected chi connectivity index (χ1v) is 11.2. The predicted molar refractivity (Wildman–Crippen MR) is 127 cm³/mol. The molecule has 1 aromatic carbocycles. The third kappa shape index (κ3) is 6.71. The topological polar surface area (TPSA) is 81.6 Å². The van der Waals surface area contributed by atoms with E-state index in [2.05, 4.69) is 37.3 Å². The van der Waals surface area contributed by atoms with Gasteiger partial charge in [-0.2, -0.15) is 0 Å². The van der Waals surface area contributed by atoms with Gasteiger partial charge in [0.2, 0.25) is 5.95 Å². The lowest BCUT2D eigenvalue weighted by Crippen LogP contribution is -2.38. The first-order valence-electron chi connectivity index (χ1n) is 11.2. The molecule has 8 heteroatoms. The highest BCUT2D eigenvalue weighted by Crippen LogP contribution is 2.24. The monoisotopic (exact) mass is 449 g/mol. The number of ether oxygens (including phenoxy) is 3. The van der Waals surface area contributed by atoms with E-state index >= 15 is 0 Å². The lowest BCUT2D eigenvalue weighted by atomic mass is 10.1. The summed E-state index contributed by atoms with van der Waals surface area (Å²) in [6, 6.07) is 14.2. The number of anilines is 2. The molecule has 3 aromatic rings. The third-order valence-electron chi connectivity index (χ3n) is 5.37. The number of rotatable bonds is 9. The average Bonchev–Trinajstić information content (AvgIpc) is 2.80. The van der Waals surface area contributed by atoms with Crippen LogP contribution in [0.5, 0.6) is 5.75 Å². The van der Waals surface area contributed by atoms with Gasteiger partial charge in [0.25, 0.3) is 0 Å². The molecule has 4 rings (SSSR count). The summed E-state index contributed by atoms with van der Waals surface area (Å²) in [6.45, 7) is 8.22. The fraction of sp³-hybridized carbons (Fsp3) is 0.400. The SMILES string of the molecule is COCCOc1cccc(CN2CCO[C@H](c3ccc(Nc4nc(C)cc(C)n4)cn3)C2)c1. The van der Waals surface area contributed by atoms with Crippen LogP contribution >= 0.6 is 0 Å². The van der Waals surface area contributed by atoms with Gasteiger partial charge in [-0.25, -0.2) is 9.97 Å². The second-order valence-corrected chi connectivity index (χ2v) is 8.15. The minimum absolute atomic E-state index is 0.0635. The van der Waals surface area contributed by atoms with Crippen LogP contribution < -0.4 is 10.1 Å². The van der Waals surface area contributed by atoms with E-state index in [0.29, 0.717) is 25.8 Å². The number of nitrogens with one attached hydrogen (secondary N) is 1. The summed E-state index contributed by atoms with van der Waals surface area (Å²) in [6.07, 6.45) is 1.74. The molecule has 33 heavy (non-hydrogen) atoms. The first kappa shape index (κ1) is 23.1. The van der Waals surface area contributed by atoms with Crippen molar-refractivity contribution >= 4 is 11.6 Å². The zero-order valence-corrected chi connectivity index (χ0v) is 19.5. The molecule has 0 bridgehead atoms.